The van der Waals surface area contributed by atoms with Gasteiger partial charge in [-0.1, -0.05) is 200 Å². The van der Waals surface area contributed by atoms with E-state index in [9.17, 15) is 5.11 Å². The Labute approximate surface area is 420 Å². The summed E-state index contributed by atoms with van der Waals surface area (Å²) in [6.07, 6.45) is 3.21. The molecule has 0 saturated carbocycles. The van der Waals surface area contributed by atoms with Gasteiger partial charge in [0.25, 0.3) is 0 Å². The van der Waals surface area contributed by atoms with Crippen molar-refractivity contribution in [2.75, 3.05) is 0 Å². The highest BCUT2D eigenvalue weighted by molar-refractivity contribution is 6.90. The lowest BCUT2D eigenvalue weighted by Crippen LogP contribution is -2.51. The van der Waals surface area contributed by atoms with E-state index in [4.69, 9.17) is 9.97 Å². The normalized spacial score (nSPS) is 15.0. The van der Waals surface area contributed by atoms with Crippen molar-refractivity contribution in [3.05, 3.63) is 161 Å². The van der Waals surface area contributed by atoms with Gasteiger partial charge in [-0.3, -0.25) is 9.55 Å². The topological polar surface area (TPSA) is 50.9 Å². The van der Waals surface area contributed by atoms with Crippen molar-refractivity contribution in [3.63, 3.8) is 0 Å². The molecule has 4 nitrogen and oxygen atoms in total. The van der Waals surface area contributed by atoms with Crippen molar-refractivity contribution < 1.29 is 5.11 Å². The van der Waals surface area contributed by atoms with Crippen LogP contribution < -0.4 is 5.19 Å². The van der Waals surface area contributed by atoms with Crippen molar-refractivity contribution in [1.82, 2.24) is 14.5 Å². The maximum Gasteiger partial charge on any atom is 0.149 e. The SMILES string of the molecule is CC(C)(C)c1cc(-c2cc(-c3cccc4c3C(C)(C)CC[Si]4(C)C)ccn2)cc(-c2cccc3c2nc(-c2cc(C(C)(C)C)cc(C(C)(C)C)c2O)n3-c2ccc(C(C)(C)C)cc2-c2ccccc2)c1. The standard InChI is InChI=1S/C65H75N3OSi/c1-61(2,3)45-28-29-54(50(38-45)41-22-18-17-19-23-41)68-55-26-20-25-49(58(55)67-60(68)51-39-47(63(7,8)9)40-52(59(51)69)64(10,11)12)43-34-44(36-46(35-43)62(4,5)6)53-37-42(30-32-66-53)48-24-21-27-56-57(48)65(13,14)31-33-70(56,15)16/h17-30,32,34-40,69H,31,33H2,1-16H3. The molecule has 1 aliphatic heterocycles. The Morgan fingerprint density at radius 1 is 0.543 bits per heavy atom. The monoisotopic (exact) mass is 942 g/mol. The van der Waals surface area contributed by atoms with E-state index in [1.165, 1.54) is 40.3 Å². The Morgan fingerprint density at radius 3 is 1.84 bits per heavy atom. The first kappa shape index (κ1) is 49.0. The van der Waals surface area contributed by atoms with Crippen LogP contribution in [0.4, 0.5) is 0 Å². The van der Waals surface area contributed by atoms with Crippen LogP contribution in [-0.2, 0) is 27.1 Å². The lowest BCUT2D eigenvalue weighted by molar-refractivity contribution is 0.446. The molecule has 5 heteroatoms. The number of pyridine rings is 1. The highest BCUT2D eigenvalue weighted by Crippen LogP contribution is 2.47. The largest absolute Gasteiger partial charge is 0.507 e. The van der Waals surface area contributed by atoms with Crippen molar-refractivity contribution >= 4 is 24.3 Å². The number of phenolic OH excluding ortho intramolecular Hbond substituents is 1. The Bertz CT molecular complexity index is 3300. The van der Waals surface area contributed by atoms with Gasteiger partial charge in [-0.25, -0.2) is 4.98 Å². The predicted molar refractivity (Wildman–Crippen MR) is 302 cm³/mol. The third-order valence-electron chi connectivity index (χ3n) is 15.2. The minimum absolute atomic E-state index is 0.0737. The predicted octanol–water partition coefficient (Wildman–Crippen LogP) is 17.2. The first-order valence-electron chi connectivity index (χ1n) is 25.5. The van der Waals surface area contributed by atoms with Crippen molar-refractivity contribution in [3.8, 4) is 67.5 Å². The zero-order valence-corrected chi connectivity index (χ0v) is 45.9. The molecule has 6 aromatic carbocycles. The van der Waals surface area contributed by atoms with Crippen LogP contribution in [0.15, 0.2) is 134 Å². The zero-order valence-electron chi connectivity index (χ0n) is 44.9. The van der Waals surface area contributed by atoms with E-state index >= 15 is 0 Å². The van der Waals surface area contributed by atoms with Crippen LogP contribution >= 0.6 is 0 Å². The number of hydrogen-bond acceptors (Lipinski definition) is 3. The fourth-order valence-corrected chi connectivity index (χ4v) is 13.9. The third kappa shape index (κ3) is 9.00. The smallest absolute Gasteiger partial charge is 0.149 e. The number of nitrogens with zero attached hydrogens (tertiary/aromatic N) is 3. The second-order valence-corrected chi connectivity index (χ2v) is 30.5. The van der Waals surface area contributed by atoms with Crippen LogP contribution in [0.1, 0.15) is 131 Å². The van der Waals surface area contributed by atoms with E-state index in [1.807, 2.05) is 6.20 Å². The molecule has 0 atom stereocenters. The Hall–Kier alpha value is -6.04. The van der Waals surface area contributed by atoms with Crippen molar-refractivity contribution in [2.45, 2.75) is 150 Å². The lowest BCUT2D eigenvalue weighted by Gasteiger charge is -2.42. The van der Waals surface area contributed by atoms with Gasteiger partial charge in [0.2, 0.25) is 0 Å². The number of aromatic hydroxyl groups is 1. The van der Waals surface area contributed by atoms with E-state index in [0.717, 1.165) is 66.9 Å². The summed E-state index contributed by atoms with van der Waals surface area (Å²) in [7, 11) is -1.58. The van der Waals surface area contributed by atoms with Crippen molar-refractivity contribution in [2.24, 2.45) is 0 Å². The summed E-state index contributed by atoms with van der Waals surface area (Å²) in [5, 5.41) is 14.2. The number of benzene rings is 6. The molecule has 0 radical (unpaired) electrons. The first-order chi connectivity index (χ1) is 32.6. The third-order valence-corrected chi connectivity index (χ3v) is 18.6. The Balaban J connectivity index is 1.33. The molecule has 0 bridgehead atoms. The number of imidazole rings is 1. The molecule has 3 heterocycles. The summed E-state index contributed by atoms with van der Waals surface area (Å²) in [6, 6.07) is 48.4. The molecule has 9 rings (SSSR count). The van der Waals surface area contributed by atoms with Crippen LogP contribution in [0.3, 0.4) is 0 Å². The summed E-state index contributed by atoms with van der Waals surface area (Å²) in [4.78, 5) is 10.9. The fraction of sp³-hybridized carbons (Fsp3) is 0.354. The quantitative estimate of drug-likeness (QED) is 0.169. The number of rotatable bonds is 6. The number of phenols is 1. The molecule has 70 heavy (non-hydrogen) atoms. The van der Waals surface area contributed by atoms with Gasteiger partial charge in [0.05, 0.1) is 36.1 Å². The number of fused-ring (bicyclic) bond motifs is 2. The molecule has 0 saturated heterocycles. The average molecular weight is 942 g/mol. The molecule has 0 spiro atoms. The zero-order chi connectivity index (χ0) is 50.5. The van der Waals surface area contributed by atoms with Gasteiger partial charge in [-0.05, 0) is 127 Å². The molecule has 360 valence electrons. The summed E-state index contributed by atoms with van der Waals surface area (Å²) >= 11 is 0. The molecule has 0 unspecified atom stereocenters. The van der Waals surface area contributed by atoms with Gasteiger partial charge in [0, 0.05) is 28.5 Å². The molecule has 0 fully saturated rings. The summed E-state index contributed by atoms with van der Waals surface area (Å²) in [5.41, 5.74) is 17.9. The summed E-state index contributed by atoms with van der Waals surface area (Å²) in [5.74, 6) is 0.974. The van der Waals surface area contributed by atoms with E-state index in [1.54, 1.807) is 5.19 Å². The molecular weight excluding hydrogens is 867 g/mol. The molecule has 2 aromatic heterocycles. The molecule has 8 aromatic rings. The first-order valence-corrected chi connectivity index (χ1v) is 28.7. The highest BCUT2D eigenvalue weighted by Gasteiger charge is 2.40. The lowest BCUT2D eigenvalue weighted by atomic mass is 9.77. The number of hydrogen-bond donors (Lipinski definition) is 1. The van der Waals surface area contributed by atoms with Gasteiger partial charge < -0.3 is 5.11 Å². The van der Waals surface area contributed by atoms with E-state index in [0.29, 0.717) is 5.82 Å². The van der Waals surface area contributed by atoms with Gasteiger partial charge in [0.15, 0.2) is 0 Å². The van der Waals surface area contributed by atoms with Gasteiger partial charge >= 0.3 is 0 Å². The Morgan fingerprint density at radius 2 is 1.17 bits per heavy atom. The summed E-state index contributed by atoms with van der Waals surface area (Å²) < 4.78 is 2.31. The molecule has 1 aliphatic rings. The maximum atomic E-state index is 12.6. The fourth-order valence-electron chi connectivity index (χ4n) is 10.7. The minimum atomic E-state index is -1.58. The molecule has 0 aliphatic carbocycles. The van der Waals surface area contributed by atoms with Crippen LogP contribution in [0.25, 0.3) is 72.7 Å². The van der Waals surface area contributed by atoms with Gasteiger partial charge in [-0.15, -0.1) is 0 Å². The van der Waals surface area contributed by atoms with Gasteiger partial charge in [0.1, 0.15) is 11.6 Å². The second kappa shape index (κ2) is 17.1. The molecular formula is C65H75N3OSi. The van der Waals surface area contributed by atoms with Gasteiger partial charge in [-0.2, -0.15) is 0 Å². The van der Waals surface area contributed by atoms with Crippen LogP contribution in [-0.4, -0.2) is 27.7 Å². The number of para-hydroxylation sites is 1. The second-order valence-electron chi connectivity index (χ2n) is 25.7. The van der Waals surface area contributed by atoms with Crippen LogP contribution in [0.5, 0.6) is 5.75 Å². The highest BCUT2D eigenvalue weighted by atomic mass is 28.3. The number of aromatic nitrogens is 3. The van der Waals surface area contributed by atoms with Crippen LogP contribution in [0.2, 0.25) is 19.1 Å². The minimum Gasteiger partial charge on any atom is -0.507 e. The van der Waals surface area contributed by atoms with Crippen LogP contribution in [0, 0.1) is 0 Å². The maximum absolute atomic E-state index is 12.6. The average Bonchev–Trinajstić information content (AvgIpc) is 3.68. The summed E-state index contributed by atoms with van der Waals surface area (Å²) in [6.45, 7) is 36.9. The van der Waals surface area contributed by atoms with E-state index < -0.39 is 8.07 Å². The Kier molecular flexibility index (Phi) is 11.9. The molecule has 0 amide bonds. The van der Waals surface area contributed by atoms with E-state index in [2.05, 4.69) is 242 Å². The van der Waals surface area contributed by atoms with Crippen molar-refractivity contribution in [1.29, 1.82) is 0 Å². The molecule has 1 N–H and O–H groups in total. The van der Waals surface area contributed by atoms with E-state index in [-0.39, 0.29) is 32.8 Å².